The molecule has 1 saturated heterocycles. The van der Waals surface area contributed by atoms with E-state index in [1.807, 2.05) is 45.0 Å². The number of hydrogen-bond donors (Lipinski definition) is 1. The molecule has 0 aliphatic carbocycles. The standard InChI is InChI=1S/C20H25N3O5/c1-20(2,3)28-19(24)22-9-10-27-18-21-8-7-16(23-18)14-5-4-6-15(13-14)17-25-11-12-26-17/h4-8,13,17H,9-12H2,1-3H3,(H,22,24). The maximum atomic E-state index is 11.6. The van der Waals surface area contributed by atoms with Gasteiger partial charge < -0.3 is 24.3 Å². The molecule has 8 nitrogen and oxygen atoms in total. The van der Waals surface area contributed by atoms with Crippen LogP contribution in [0.2, 0.25) is 0 Å². The van der Waals surface area contributed by atoms with Gasteiger partial charge in [0.1, 0.15) is 12.2 Å². The first-order valence-corrected chi connectivity index (χ1v) is 9.17. The molecular formula is C20H25N3O5. The van der Waals surface area contributed by atoms with Crippen molar-refractivity contribution in [3.05, 3.63) is 42.1 Å². The molecule has 0 unspecified atom stereocenters. The zero-order chi connectivity index (χ0) is 20.0. The van der Waals surface area contributed by atoms with Crippen LogP contribution in [0.4, 0.5) is 4.79 Å². The van der Waals surface area contributed by atoms with Crippen LogP contribution in [0.25, 0.3) is 11.3 Å². The Kier molecular flexibility index (Phi) is 6.43. The predicted molar refractivity (Wildman–Crippen MR) is 102 cm³/mol. The Bertz CT molecular complexity index is 800. The Morgan fingerprint density at radius 1 is 1.25 bits per heavy atom. The van der Waals surface area contributed by atoms with Crippen LogP contribution >= 0.6 is 0 Å². The third kappa shape index (κ3) is 5.90. The number of nitrogens with one attached hydrogen (secondary N) is 1. The van der Waals surface area contributed by atoms with Crippen LogP contribution in [0.3, 0.4) is 0 Å². The monoisotopic (exact) mass is 387 g/mol. The molecule has 3 rings (SSSR count). The minimum atomic E-state index is -0.536. The maximum absolute atomic E-state index is 11.6. The van der Waals surface area contributed by atoms with E-state index in [-0.39, 0.29) is 25.5 Å². The number of aromatic nitrogens is 2. The Morgan fingerprint density at radius 3 is 2.79 bits per heavy atom. The van der Waals surface area contributed by atoms with Crippen molar-refractivity contribution in [3.8, 4) is 17.3 Å². The largest absolute Gasteiger partial charge is 0.462 e. The smallest absolute Gasteiger partial charge is 0.407 e. The summed E-state index contributed by atoms with van der Waals surface area (Å²) in [7, 11) is 0. The molecule has 1 aliphatic heterocycles. The third-order valence-electron chi connectivity index (χ3n) is 3.71. The van der Waals surface area contributed by atoms with Crippen LogP contribution in [0.15, 0.2) is 36.5 Å². The number of benzene rings is 1. The fourth-order valence-corrected chi connectivity index (χ4v) is 2.58. The lowest BCUT2D eigenvalue weighted by Gasteiger charge is -2.19. The molecule has 2 heterocycles. The van der Waals surface area contributed by atoms with Crippen LogP contribution < -0.4 is 10.1 Å². The van der Waals surface area contributed by atoms with E-state index >= 15 is 0 Å². The summed E-state index contributed by atoms with van der Waals surface area (Å²) in [6.45, 7) is 7.13. The van der Waals surface area contributed by atoms with Crippen LogP contribution in [0, 0.1) is 0 Å². The van der Waals surface area contributed by atoms with Gasteiger partial charge in [-0.05, 0) is 32.9 Å². The first kappa shape index (κ1) is 20.0. The lowest BCUT2D eigenvalue weighted by molar-refractivity contribution is -0.0440. The van der Waals surface area contributed by atoms with Crippen molar-refractivity contribution in [2.75, 3.05) is 26.4 Å². The van der Waals surface area contributed by atoms with E-state index in [2.05, 4.69) is 15.3 Å². The van der Waals surface area contributed by atoms with Gasteiger partial charge in [-0.25, -0.2) is 9.78 Å². The van der Waals surface area contributed by atoms with E-state index in [0.29, 0.717) is 13.2 Å². The molecule has 1 fully saturated rings. The lowest BCUT2D eigenvalue weighted by Crippen LogP contribution is -2.34. The zero-order valence-corrected chi connectivity index (χ0v) is 16.3. The summed E-state index contributed by atoms with van der Waals surface area (Å²) in [4.78, 5) is 20.2. The van der Waals surface area contributed by atoms with Crippen molar-refractivity contribution in [2.24, 2.45) is 0 Å². The van der Waals surface area contributed by atoms with Crippen molar-refractivity contribution >= 4 is 6.09 Å². The van der Waals surface area contributed by atoms with Crippen molar-refractivity contribution < 1.29 is 23.7 Å². The van der Waals surface area contributed by atoms with Gasteiger partial charge in [-0.3, -0.25) is 0 Å². The first-order chi connectivity index (χ1) is 13.4. The maximum Gasteiger partial charge on any atom is 0.407 e. The normalized spacial score (nSPS) is 14.7. The second kappa shape index (κ2) is 8.99. The van der Waals surface area contributed by atoms with Gasteiger partial charge in [-0.2, -0.15) is 4.98 Å². The topological polar surface area (TPSA) is 91.8 Å². The molecule has 0 radical (unpaired) electrons. The number of rotatable bonds is 6. The van der Waals surface area contributed by atoms with Crippen molar-refractivity contribution in [1.82, 2.24) is 15.3 Å². The molecule has 0 atom stereocenters. The number of carbonyl (C=O) groups is 1. The first-order valence-electron chi connectivity index (χ1n) is 9.17. The Morgan fingerprint density at radius 2 is 2.04 bits per heavy atom. The highest BCUT2D eigenvalue weighted by atomic mass is 16.7. The zero-order valence-electron chi connectivity index (χ0n) is 16.3. The quantitative estimate of drug-likeness (QED) is 0.762. The predicted octanol–water partition coefficient (Wildman–Crippen LogP) is 3.09. The van der Waals surface area contributed by atoms with Crippen molar-refractivity contribution in [2.45, 2.75) is 32.7 Å². The fourth-order valence-electron chi connectivity index (χ4n) is 2.58. The number of amides is 1. The van der Waals surface area contributed by atoms with Gasteiger partial charge in [-0.1, -0.05) is 18.2 Å². The SMILES string of the molecule is CC(C)(C)OC(=O)NCCOc1nccc(-c2cccc(C3OCCO3)c2)n1. The molecule has 0 bridgehead atoms. The van der Waals surface area contributed by atoms with E-state index in [0.717, 1.165) is 16.8 Å². The van der Waals surface area contributed by atoms with Gasteiger partial charge in [0, 0.05) is 17.3 Å². The molecule has 0 spiro atoms. The van der Waals surface area contributed by atoms with Crippen molar-refractivity contribution in [3.63, 3.8) is 0 Å². The van der Waals surface area contributed by atoms with E-state index < -0.39 is 11.7 Å². The molecule has 1 N–H and O–H groups in total. The van der Waals surface area contributed by atoms with E-state index in [1.165, 1.54) is 0 Å². The van der Waals surface area contributed by atoms with E-state index in [9.17, 15) is 4.79 Å². The van der Waals surface area contributed by atoms with Crippen LogP contribution in [-0.2, 0) is 14.2 Å². The summed E-state index contributed by atoms with van der Waals surface area (Å²) in [5.74, 6) is 0. The minimum Gasteiger partial charge on any atom is -0.462 e. The van der Waals surface area contributed by atoms with Gasteiger partial charge >= 0.3 is 12.1 Å². The van der Waals surface area contributed by atoms with Gasteiger partial charge in [0.25, 0.3) is 0 Å². The van der Waals surface area contributed by atoms with Crippen molar-refractivity contribution in [1.29, 1.82) is 0 Å². The van der Waals surface area contributed by atoms with Crippen LogP contribution in [0.1, 0.15) is 32.6 Å². The molecule has 1 aromatic heterocycles. The molecule has 2 aromatic rings. The summed E-state index contributed by atoms with van der Waals surface area (Å²) in [5.41, 5.74) is 2.05. The molecule has 28 heavy (non-hydrogen) atoms. The second-order valence-corrected chi connectivity index (χ2v) is 7.20. The van der Waals surface area contributed by atoms with Gasteiger partial charge in [0.2, 0.25) is 0 Å². The summed E-state index contributed by atoms with van der Waals surface area (Å²) in [6.07, 6.45) is 0.809. The number of ether oxygens (including phenoxy) is 4. The second-order valence-electron chi connectivity index (χ2n) is 7.20. The molecular weight excluding hydrogens is 362 g/mol. The number of nitrogens with zero attached hydrogens (tertiary/aromatic N) is 2. The molecule has 1 aliphatic rings. The van der Waals surface area contributed by atoms with E-state index in [4.69, 9.17) is 18.9 Å². The Hall–Kier alpha value is -2.71. The average Bonchev–Trinajstić information content (AvgIpc) is 3.19. The van der Waals surface area contributed by atoms with Gasteiger partial charge in [-0.15, -0.1) is 0 Å². The lowest BCUT2D eigenvalue weighted by atomic mass is 10.1. The summed E-state index contributed by atoms with van der Waals surface area (Å²) >= 11 is 0. The average molecular weight is 387 g/mol. The van der Waals surface area contributed by atoms with E-state index in [1.54, 1.807) is 12.3 Å². The Labute approximate surface area is 164 Å². The molecule has 1 amide bonds. The molecule has 1 aromatic carbocycles. The summed E-state index contributed by atoms with van der Waals surface area (Å²) < 4.78 is 21.8. The van der Waals surface area contributed by atoms with Crippen LogP contribution in [-0.4, -0.2) is 48.0 Å². The summed E-state index contributed by atoms with van der Waals surface area (Å²) in [5, 5.41) is 2.62. The Balaban J connectivity index is 1.56. The van der Waals surface area contributed by atoms with Crippen LogP contribution in [0.5, 0.6) is 6.01 Å². The highest BCUT2D eigenvalue weighted by Gasteiger charge is 2.19. The highest BCUT2D eigenvalue weighted by Crippen LogP contribution is 2.27. The summed E-state index contributed by atoms with van der Waals surface area (Å²) in [6, 6.07) is 9.87. The van der Waals surface area contributed by atoms with Gasteiger partial charge in [0.15, 0.2) is 6.29 Å². The molecule has 0 saturated carbocycles. The van der Waals surface area contributed by atoms with Gasteiger partial charge in [0.05, 0.1) is 25.5 Å². The molecule has 150 valence electrons. The molecule has 8 heteroatoms. The number of hydrogen-bond acceptors (Lipinski definition) is 7. The number of carbonyl (C=O) groups excluding carboxylic acids is 1. The highest BCUT2D eigenvalue weighted by molar-refractivity contribution is 5.67. The third-order valence-corrected chi connectivity index (χ3v) is 3.71. The number of alkyl carbamates (subject to hydrolysis) is 1. The minimum absolute atomic E-state index is 0.229. The fraction of sp³-hybridized carbons (Fsp3) is 0.450.